The van der Waals surface area contributed by atoms with Gasteiger partial charge in [0.05, 0.1) is 19.3 Å². The molecule has 0 saturated heterocycles. The van der Waals surface area contributed by atoms with Crippen LogP contribution in [0.25, 0.3) is 0 Å². The Kier molecular flexibility index (Phi) is 4.72. The molecule has 0 N–H and O–H groups in total. The maximum atomic E-state index is 12.3. The highest BCUT2D eigenvalue weighted by atomic mass is 19.4. The summed E-state index contributed by atoms with van der Waals surface area (Å²) in [5.74, 6) is -0.603. The first-order chi connectivity index (χ1) is 8.36. The number of ether oxygens (including phenoxy) is 2. The Balaban J connectivity index is 2.76. The quantitative estimate of drug-likeness (QED) is 0.782. The van der Waals surface area contributed by atoms with Crippen molar-refractivity contribution in [3.05, 3.63) is 35.4 Å². The zero-order chi connectivity index (χ0) is 13.8. The molecule has 1 aromatic carbocycles. The summed E-state index contributed by atoms with van der Waals surface area (Å²) < 4.78 is 46.0. The second kappa shape index (κ2) is 5.86. The highest BCUT2D eigenvalue weighted by Gasteiger charge is 2.37. The van der Waals surface area contributed by atoms with E-state index in [4.69, 9.17) is 4.74 Å². The molecule has 18 heavy (non-hydrogen) atoms. The molecule has 1 aromatic rings. The van der Waals surface area contributed by atoms with Crippen LogP contribution < -0.4 is 0 Å². The minimum atomic E-state index is -4.42. The predicted octanol–water partition coefficient (Wildman–Crippen LogP) is 2.94. The molecule has 0 spiro atoms. The van der Waals surface area contributed by atoms with Crippen molar-refractivity contribution in [3.8, 4) is 0 Å². The van der Waals surface area contributed by atoms with E-state index in [1.807, 2.05) is 0 Å². The first-order valence-electron chi connectivity index (χ1n) is 5.20. The van der Waals surface area contributed by atoms with E-state index in [1.54, 1.807) is 12.1 Å². The molecule has 6 heteroatoms. The monoisotopic (exact) mass is 262 g/mol. The molecule has 0 bridgehead atoms. The third-order valence-corrected chi connectivity index (χ3v) is 2.37. The Bertz CT molecular complexity index is 415. The number of carbonyl (C=O) groups excluding carboxylic acids is 1. The minimum Gasteiger partial charge on any atom is -0.465 e. The summed E-state index contributed by atoms with van der Waals surface area (Å²) in [7, 11) is 1.21. The summed E-state index contributed by atoms with van der Waals surface area (Å²) in [5.41, 5.74) is 0.565. The van der Waals surface area contributed by atoms with Crippen LogP contribution in [0.5, 0.6) is 0 Å². The summed E-state index contributed by atoms with van der Waals surface area (Å²) in [5, 5.41) is 0. The number of carbonyl (C=O) groups is 1. The summed E-state index contributed by atoms with van der Waals surface area (Å²) in [6.07, 6.45) is -6.30. The van der Waals surface area contributed by atoms with Gasteiger partial charge in [-0.1, -0.05) is 18.2 Å². The summed E-state index contributed by atoms with van der Waals surface area (Å²) in [6.45, 7) is 0.618. The lowest BCUT2D eigenvalue weighted by atomic mass is 10.1. The maximum absolute atomic E-state index is 12.3. The van der Waals surface area contributed by atoms with Crippen molar-refractivity contribution in [3.63, 3.8) is 0 Å². The standard InChI is InChI=1S/C12H13F3O3/c1-8(12(13,14)15)18-7-9-5-3-4-6-10(9)11(16)17-2/h3-6,8H,7H2,1-2H3. The van der Waals surface area contributed by atoms with Gasteiger partial charge in [-0.2, -0.15) is 13.2 Å². The number of alkyl halides is 3. The third-order valence-electron chi connectivity index (χ3n) is 2.37. The Hall–Kier alpha value is -1.56. The molecule has 0 radical (unpaired) electrons. The normalized spacial score (nSPS) is 13.2. The lowest BCUT2D eigenvalue weighted by Gasteiger charge is -2.17. The topological polar surface area (TPSA) is 35.5 Å². The maximum Gasteiger partial charge on any atom is 0.414 e. The summed E-state index contributed by atoms with van der Waals surface area (Å²) in [6, 6.07) is 6.21. The van der Waals surface area contributed by atoms with Crippen LogP contribution in [0.2, 0.25) is 0 Å². The number of benzene rings is 1. The summed E-state index contributed by atoms with van der Waals surface area (Å²) >= 11 is 0. The molecule has 0 fully saturated rings. The number of rotatable bonds is 4. The van der Waals surface area contributed by atoms with E-state index in [9.17, 15) is 18.0 Å². The van der Waals surface area contributed by atoms with Crippen LogP contribution in [0.3, 0.4) is 0 Å². The average Bonchev–Trinajstić information content (AvgIpc) is 2.34. The molecule has 0 saturated carbocycles. The zero-order valence-electron chi connectivity index (χ0n) is 9.95. The van der Waals surface area contributed by atoms with Gasteiger partial charge < -0.3 is 9.47 Å². The second-order valence-corrected chi connectivity index (χ2v) is 3.64. The van der Waals surface area contributed by atoms with Gasteiger partial charge in [0.2, 0.25) is 0 Å². The Morgan fingerprint density at radius 2 is 1.94 bits per heavy atom. The fraction of sp³-hybridized carbons (Fsp3) is 0.417. The number of esters is 1. The van der Waals surface area contributed by atoms with Crippen LogP contribution in [-0.2, 0) is 16.1 Å². The number of hydrogen-bond donors (Lipinski definition) is 0. The van der Waals surface area contributed by atoms with Crippen molar-refractivity contribution < 1.29 is 27.4 Å². The highest BCUT2D eigenvalue weighted by molar-refractivity contribution is 5.90. The lowest BCUT2D eigenvalue weighted by Crippen LogP contribution is -2.28. The third kappa shape index (κ3) is 3.73. The van der Waals surface area contributed by atoms with Gasteiger partial charge in [0.25, 0.3) is 0 Å². The number of hydrogen-bond acceptors (Lipinski definition) is 3. The number of halogens is 3. The fourth-order valence-electron chi connectivity index (χ4n) is 1.26. The van der Waals surface area contributed by atoms with Gasteiger partial charge in [-0.15, -0.1) is 0 Å². The first-order valence-corrected chi connectivity index (χ1v) is 5.20. The van der Waals surface area contributed by atoms with Gasteiger partial charge in [0, 0.05) is 0 Å². The van der Waals surface area contributed by atoms with Crippen molar-refractivity contribution >= 4 is 5.97 Å². The van der Waals surface area contributed by atoms with E-state index in [0.717, 1.165) is 6.92 Å². The fourth-order valence-corrected chi connectivity index (χ4v) is 1.26. The predicted molar refractivity (Wildman–Crippen MR) is 58.1 cm³/mol. The SMILES string of the molecule is COC(=O)c1ccccc1COC(C)C(F)(F)F. The molecular weight excluding hydrogens is 249 g/mol. The largest absolute Gasteiger partial charge is 0.465 e. The van der Waals surface area contributed by atoms with Crippen LogP contribution in [0, 0.1) is 0 Å². The molecule has 0 aliphatic rings. The van der Waals surface area contributed by atoms with Crippen molar-refractivity contribution in [1.29, 1.82) is 0 Å². The van der Waals surface area contributed by atoms with Crippen LogP contribution in [0.4, 0.5) is 13.2 Å². The molecule has 100 valence electrons. The van der Waals surface area contributed by atoms with E-state index in [2.05, 4.69) is 4.74 Å². The van der Waals surface area contributed by atoms with Gasteiger partial charge >= 0.3 is 12.1 Å². The van der Waals surface area contributed by atoms with Gasteiger partial charge in [-0.05, 0) is 18.6 Å². The zero-order valence-corrected chi connectivity index (χ0v) is 9.95. The van der Waals surface area contributed by atoms with Gasteiger partial charge in [-0.25, -0.2) is 4.79 Å². The summed E-state index contributed by atoms with van der Waals surface area (Å²) in [4.78, 5) is 11.4. The first kappa shape index (κ1) is 14.5. The van der Waals surface area contributed by atoms with E-state index in [0.29, 0.717) is 5.56 Å². The molecule has 0 amide bonds. The van der Waals surface area contributed by atoms with Gasteiger partial charge in [0.15, 0.2) is 6.10 Å². The van der Waals surface area contributed by atoms with Crippen molar-refractivity contribution in [2.24, 2.45) is 0 Å². The van der Waals surface area contributed by atoms with Crippen LogP contribution >= 0.6 is 0 Å². The number of methoxy groups -OCH3 is 1. The van der Waals surface area contributed by atoms with Gasteiger partial charge in [0.1, 0.15) is 0 Å². The van der Waals surface area contributed by atoms with Gasteiger partial charge in [-0.3, -0.25) is 0 Å². The molecule has 0 aromatic heterocycles. The highest BCUT2D eigenvalue weighted by Crippen LogP contribution is 2.23. The Morgan fingerprint density at radius 1 is 1.33 bits per heavy atom. The smallest absolute Gasteiger partial charge is 0.414 e. The van der Waals surface area contributed by atoms with Crippen LogP contribution in [0.1, 0.15) is 22.8 Å². The Labute approximate surface area is 103 Å². The van der Waals surface area contributed by atoms with Crippen LogP contribution in [-0.4, -0.2) is 25.4 Å². The molecule has 1 unspecified atom stereocenters. The molecule has 1 rings (SSSR count). The molecular formula is C12H13F3O3. The van der Waals surface area contributed by atoms with Crippen LogP contribution in [0.15, 0.2) is 24.3 Å². The van der Waals surface area contributed by atoms with E-state index < -0.39 is 18.2 Å². The Morgan fingerprint density at radius 3 is 2.50 bits per heavy atom. The van der Waals surface area contributed by atoms with E-state index in [1.165, 1.54) is 19.2 Å². The minimum absolute atomic E-state index is 0.203. The molecule has 0 heterocycles. The molecule has 3 nitrogen and oxygen atoms in total. The average molecular weight is 262 g/mol. The van der Waals surface area contributed by atoms with Crippen molar-refractivity contribution in [2.75, 3.05) is 7.11 Å². The van der Waals surface area contributed by atoms with E-state index in [-0.39, 0.29) is 12.2 Å². The molecule has 0 aliphatic carbocycles. The lowest BCUT2D eigenvalue weighted by molar-refractivity contribution is -0.217. The van der Waals surface area contributed by atoms with E-state index >= 15 is 0 Å². The van der Waals surface area contributed by atoms with Crippen molar-refractivity contribution in [2.45, 2.75) is 25.8 Å². The van der Waals surface area contributed by atoms with Crippen molar-refractivity contribution in [1.82, 2.24) is 0 Å². The molecule has 0 aliphatic heterocycles. The second-order valence-electron chi connectivity index (χ2n) is 3.64. The molecule has 1 atom stereocenters.